The average molecular weight is 308 g/mol. The third-order valence-electron chi connectivity index (χ3n) is 2.27. The van der Waals surface area contributed by atoms with Crippen molar-refractivity contribution >= 4 is 24.0 Å². The summed E-state index contributed by atoms with van der Waals surface area (Å²) in [5.74, 6) is 0.603. The number of hydrogen-bond acceptors (Lipinski definition) is 1. The monoisotopic (exact) mass is 307 g/mol. The summed E-state index contributed by atoms with van der Waals surface area (Å²) in [5, 5.41) is 0. The van der Waals surface area contributed by atoms with Gasteiger partial charge in [-0.3, -0.25) is 0 Å². The third kappa shape index (κ3) is 12.5. The Bertz CT molecular complexity index is 288. The van der Waals surface area contributed by atoms with Gasteiger partial charge in [-0.1, -0.05) is 51.5 Å². The minimum Gasteiger partial charge on any atom is -0.330 e. The molecular weight excluding hydrogens is 277 g/mol. The van der Waals surface area contributed by atoms with Crippen LogP contribution in [0.3, 0.4) is 0 Å². The average Bonchev–Trinajstić information content (AvgIpc) is 2.43. The molecule has 0 spiro atoms. The highest BCUT2D eigenvalue weighted by Crippen LogP contribution is 2.13. The number of hydrogen-bond donors (Lipinski definition) is 1. The second kappa shape index (κ2) is 17.8. The summed E-state index contributed by atoms with van der Waals surface area (Å²) in [7, 11) is 0. The molecule has 0 aliphatic heterocycles. The van der Waals surface area contributed by atoms with Crippen molar-refractivity contribution < 1.29 is 0 Å². The maximum atomic E-state index is 5.81. The molecule has 1 rings (SSSR count). The quantitative estimate of drug-likeness (QED) is 0.565. The van der Waals surface area contributed by atoms with Gasteiger partial charge < -0.3 is 5.73 Å². The summed E-state index contributed by atoms with van der Waals surface area (Å²) >= 11 is 5.81. The highest BCUT2D eigenvalue weighted by atomic mass is 35.5. The van der Waals surface area contributed by atoms with Gasteiger partial charge in [0, 0.05) is 5.88 Å². The number of unbranched alkanes of at least 4 members (excludes halogenated alkanes) is 1. The van der Waals surface area contributed by atoms with Gasteiger partial charge in [-0.2, -0.15) is 0 Å². The van der Waals surface area contributed by atoms with Crippen LogP contribution in [0.15, 0.2) is 18.2 Å². The molecule has 0 fully saturated rings. The van der Waals surface area contributed by atoms with Gasteiger partial charge in [0.1, 0.15) is 0 Å². The molecule has 0 saturated carbocycles. The Kier molecular flexibility index (Phi) is 22.3. The van der Waals surface area contributed by atoms with Crippen LogP contribution in [-0.2, 0) is 12.3 Å². The SMILES string of the molecule is CC.CC.Cc1cc(CCl)cc(CCCCN)c1.Cl. The lowest BCUT2D eigenvalue weighted by Crippen LogP contribution is -1.99. The smallest absolute Gasteiger partial charge is 0.0474 e. The molecule has 0 amide bonds. The summed E-state index contributed by atoms with van der Waals surface area (Å²) < 4.78 is 0. The first-order valence-electron chi connectivity index (χ1n) is 7.11. The summed E-state index contributed by atoms with van der Waals surface area (Å²) in [5.41, 5.74) is 9.36. The highest BCUT2D eigenvalue weighted by Gasteiger charge is 1.98. The largest absolute Gasteiger partial charge is 0.330 e. The van der Waals surface area contributed by atoms with Gasteiger partial charge in [0.05, 0.1) is 0 Å². The van der Waals surface area contributed by atoms with E-state index in [1.807, 2.05) is 27.7 Å². The fraction of sp³-hybridized carbons (Fsp3) is 0.625. The van der Waals surface area contributed by atoms with Crippen LogP contribution in [0.25, 0.3) is 0 Å². The number of benzene rings is 1. The molecule has 0 radical (unpaired) electrons. The van der Waals surface area contributed by atoms with Gasteiger partial charge in [-0.25, -0.2) is 0 Å². The van der Waals surface area contributed by atoms with Crippen molar-refractivity contribution in [2.75, 3.05) is 6.54 Å². The van der Waals surface area contributed by atoms with Crippen LogP contribution in [0.4, 0.5) is 0 Å². The molecule has 3 heteroatoms. The lowest BCUT2D eigenvalue weighted by atomic mass is 10.0. The van der Waals surface area contributed by atoms with Gasteiger partial charge in [0.2, 0.25) is 0 Å². The van der Waals surface area contributed by atoms with Gasteiger partial charge in [0.25, 0.3) is 0 Å². The molecule has 1 aromatic carbocycles. The van der Waals surface area contributed by atoms with E-state index in [0.717, 1.165) is 19.4 Å². The fourth-order valence-electron chi connectivity index (χ4n) is 1.64. The Balaban J connectivity index is -0.000000467. The molecule has 0 bridgehead atoms. The normalized spacial score (nSPS) is 8.37. The molecule has 2 N–H and O–H groups in total. The van der Waals surface area contributed by atoms with E-state index in [4.69, 9.17) is 17.3 Å². The molecule has 0 aliphatic carbocycles. The van der Waals surface area contributed by atoms with E-state index in [-0.39, 0.29) is 12.4 Å². The van der Waals surface area contributed by atoms with Crippen LogP contribution in [0, 0.1) is 6.92 Å². The molecule has 114 valence electrons. The van der Waals surface area contributed by atoms with E-state index in [9.17, 15) is 0 Å². The molecular formula is C16H31Cl2N. The first-order valence-corrected chi connectivity index (χ1v) is 7.65. The molecule has 1 aromatic rings. The number of rotatable bonds is 5. The van der Waals surface area contributed by atoms with Crippen molar-refractivity contribution in [2.24, 2.45) is 5.73 Å². The van der Waals surface area contributed by atoms with Crippen LogP contribution in [0.1, 0.15) is 57.2 Å². The van der Waals surface area contributed by atoms with E-state index in [1.54, 1.807) is 0 Å². The Hall–Kier alpha value is -0.240. The zero-order chi connectivity index (χ0) is 14.4. The molecule has 0 aromatic heterocycles. The molecule has 0 aliphatic rings. The third-order valence-corrected chi connectivity index (χ3v) is 2.58. The van der Waals surface area contributed by atoms with Crippen molar-refractivity contribution in [3.05, 3.63) is 34.9 Å². The zero-order valence-electron chi connectivity index (χ0n) is 13.1. The Morgan fingerprint density at radius 1 is 0.947 bits per heavy atom. The van der Waals surface area contributed by atoms with Crippen molar-refractivity contribution in [2.45, 2.75) is 59.8 Å². The van der Waals surface area contributed by atoms with Gasteiger partial charge >= 0.3 is 0 Å². The van der Waals surface area contributed by atoms with Crippen molar-refractivity contribution in [3.63, 3.8) is 0 Å². The van der Waals surface area contributed by atoms with Crippen molar-refractivity contribution in [1.29, 1.82) is 0 Å². The molecule has 0 saturated heterocycles. The maximum Gasteiger partial charge on any atom is 0.0474 e. The second-order valence-corrected chi connectivity index (χ2v) is 3.97. The first kappa shape index (κ1) is 23.8. The minimum absolute atomic E-state index is 0. The highest BCUT2D eigenvalue weighted by molar-refractivity contribution is 6.17. The fourth-order valence-corrected chi connectivity index (χ4v) is 1.80. The Labute approximate surface area is 131 Å². The predicted molar refractivity (Wildman–Crippen MR) is 92.7 cm³/mol. The minimum atomic E-state index is 0. The van der Waals surface area contributed by atoms with Gasteiger partial charge in [0.15, 0.2) is 0 Å². The molecule has 0 atom stereocenters. The number of aryl methyl sites for hydroxylation is 2. The maximum absolute atomic E-state index is 5.81. The molecule has 19 heavy (non-hydrogen) atoms. The molecule has 0 heterocycles. The van der Waals surface area contributed by atoms with E-state index in [1.165, 1.54) is 23.1 Å². The number of halogens is 2. The van der Waals surface area contributed by atoms with Crippen molar-refractivity contribution in [3.8, 4) is 0 Å². The summed E-state index contributed by atoms with van der Waals surface area (Å²) in [6, 6.07) is 6.56. The van der Waals surface area contributed by atoms with Gasteiger partial charge in [-0.05, 0) is 43.9 Å². The molecule has 1 nitrogen and oxygen atoms in total. The van der Waals surface area contributed by atoms with E-state index >= 15 is 0 Å². The zero-order valence-corrected chi connectivity index (χ0v) is 14.7. The van der Waals surface area contributed by atoms with E-state index in [2.05, 4.69) is 25.1 Å². The predicted octanol–water partition coefficient (Wildman–Crippen LogP) is 5.49. The van der Waals surface area contributed by atoms with E-state index < -0.39 is 0 Å². The first-order chi connectivity index (χ1) is 8.76. The van der Waals surface area contributed by atoms with Crippen molar-refractivity contribution in [1.82, 2.24) is 0 Å². The van der Waals surface area contributed by atoms with Crippen LogP contribution < -0.4 is 5.73 Å². The Morgan fingerprint density at radius 2 is 1.47 bits per heavy atom. The lowest BCUT2D eigenvalue weighted by Gasteiger charge is -2.05. The molecule has 0 unspecified atom stereocenters. The number of nitrogens with two attached hydrogens (primary N) is 1. The Morgan fingerprint density at radius 3 is 1.95 bits per heavy atom. The van der Waals surface area contributed by atoms with Crippen LogP contribution in [0.2, 0.25) is 0 Å². The lowest BCUT2D eigenvalue weighted by molar-refractivity contribution is 0.744. The second-order valence-electron chi connectivity index (χ2n) is 3.71. The topological polar surface area (TPSA) is 26.0 Å². The van der Waals surface area contributed by atoms with Crippen LogP contribution in [0.5, 0.6) is 0 Å². The summed E-state index contributed by atoms with van der Waals surface area (Å²) in [4.78, 5) is 0. The van der Waals surface area contributed by atoms with Gasteiger partial charge in [-0.15, -0.1) is 24.0 Å². The summed E-state index contributed by atoms with van der Waals surface area (Å²) in [6.45, 7) is 10.9. The van der Waals surface area contributed by atoms with Crippen LogP contribution >= 0.6 is 24.0 Å². The van der Waals surface area contributed by atoms with E-state index in [0.29, 0.717) is 5.88 Å². The summed E-state index contributed by atoms with van der Waals surface area (Å²) in [6.07, 6.45) is 3.38. The van der Waals surface area contributed by atoms with Crippen LogP contribution in [-0.4, -0.2) is 6.54 Å². The standard InChI is InChI=1S/C12H18ClN.2C2H6.ClH/c1-10-6-11(4-2-3-5-14)8-12(7-10)9-13;2*1-2;/h6-8H,2-5,9,14H2,1H3;2*1-2H3;1H. The number of alkyl halides is 1.